The Labute approximate surface area is 83.9 Å². The molecule has 74 valence electrons. The highest BCUT2D eigenvalue weighted by atomic mass is 16.5. The number of ether oxygens (including phenoxy) is 1. The second kappa shape index (κ2) is 3.93. The Morgan fingerprint density at radius 3 is 2.57 bits per heavy atom. The average molecular weight is 190 g/mol. The minimum Gasteiger partial charge on any atom is -0.363 e. The molecule has 1 heterocycles. The number of carbonyl (C=O) groups excluding carboxylic acids is 1. The monoisotopic (exact) mass is 190 g/mol. The van der Waals surface area contributed by atoms with E-state index in [9.17, 15) is 4.79 Å². The zero-order valence-electron chi connectivity index (χ0n) is 8.11. The van der Waals surface area contributed by atoms with Gasteiger partial charge in [0.2, 0.25) is 0 Å². The number of carbonyl (C=O) groups is 1. The molecule has 1 unspecified atom stereocenters. The van der Waals surface area contributed by atoms with Crippen LogP contribution in [-0.4, -0.2) is 12.9 Å². The molecular weight excluding hydrogens is 176 g/mol. The van der Waals surface area contributed by atoms with E-state index in [-0.39, 0.29) is 0 Å². The summed E-state index contributed by atoms with van der Waals surface area (Å²) in [6.07, 6.45) is 3.87. The van der Waals surface area contributed by atoms with Crippen molar-refractivity contribution in [1.82, 2.24) is 0 Å². The van der Waals surface area contributed by atoms with E-state index in [0.717, 1.165) is 31.1 Å². The van der Waals surface area contributed by atoms with Crippen LogP contribution in [0.2, 0.25) is 0 Å². The molecule has 1 aromatic carbocycles. The van der Waals surface area contributed by atoms with Gasteiger partial charge in [0.1, 0.15) is 5.60 Å². The predicted molar refractivity (Wildman–Crippen MR) is 54.0 cm³/mol. The molecule has 2 nitrogen and oxygen atoms in total. The molecule has 1 atom stereocenters. The first kappa shape index (κ1) is 9.41. The summed E-state index contributed by atoms with van der Waals surface area (Å²) in [5, 5.41) is 0. The van der Waals surface area contributed by atoms with Gasteiger partial charge in [-0.05, 0) is 24.8 Å². The lowest BCUT2D eigenvalue weighted by Crippen LogP contribution is -2.35. The first-order valence-electron chi connectivity index (χ1n) is 5.03. The van der Waals surface area contributed by atoms with Crippen molar-refractivity contribution in [1.29, 1.82) is 0 Å². The molecule has 1 aliphatic rings. The number of aldehydes is 1. The second-order valence-corrected chi connectivity index (χ2v) is 3.68. The van der Waals surface area contributed by atoms with Crippen LogP contribution >= 0.6 is 0 Å². The van der Waals surface area contributed by atoms with Crippen molar-refractivity contribution in [2.75, 3.05) is 6.61 Å². The van der Waals surface area contributed by atoms with Crippen molar-refractivity contribution in [3.8, 4) is 0 Å². The molecule has 0 radical (unpaired) electrons. The van der Waals surface area contributed by atoms with Crippen LogP contribution in [0.4, 0.5) is 0 Å². The fourth-order valence-corrected chi connectivity index (χ4v) is 1.93. The topological polar surface area (TPSA) is 26.3 Å². The summed E-state index contributed by atoms with van der Waals surface area (Å²) >= 11 is 0. The summed E-state index contributed by atoms with van der Waals surface area (Å²) in [4.78, 5) is 11.2. The number of hydrogen-bond donors (Lipinski definition) is 0. The SMILES string of the molecule is O=CC1(c2ccccc2)CCCCO1. The van der Waals surface area contributed by atoms with Crippen LogP contribution < -0.4 is 0 Å². The van der Waals surface area contributed by atoms with Gasteiger partial charge in [0.15, 0.2) is 6.29 Å². The molecule has 1 saturated heterocycles. The van der Waals surface area contributed by atoms with Crippen LogP contribution in [0.1, 0.15) is 24.8 Å². The van der Waals surface area contributed by atoms with Crippen molar-refractivity contribution in [2.45, 2.75) is 24.9 Å². The molecule has 0 bridgehead atoms. The maximum absolute atomic E-state index is 11.2. The first-order chi connectivity index (χ1) is 6.87. The van der Waals surface area contributed by atoms with Gasteiger partial charge in [0, 0.05) is 6.61 Å². The third kappa shape index (κ3) is 1.58. The van der Waals surface area contributed by atoms with Crippen LogP contribution in [-0.2, 0) is 15.1 Å². The highest BCUT2D eigenvalue weighted by Crippen LogP contribution is 2.32. The molecule has 14 heavy (non-hydrogen) atoms. The summed E-state index contributed by atoms with van der Waals surface area (Å²) in [5.41, 5.74) is 0.314. The standard InChI is InChI=1S/C12H14O2/c13-10-12(8-4-5-9-14-12)11-6-2-1-3-7-11/h1-3,6-7,10H,4-5,8-9H2. The summed E-state index contributed by atoms with van der Waals surface area (Å²) in [5.74, 6) is 0. The molecule has 2 rings (SSSR count). The van der Waals surface area contributed by atoms with Crippen molar-refractivity contribution in [3.05, 3.63) is 35.9 Å². The van der Waals surface area contributed by atoms with Gasteiger partial charge in [-0.25, -0.2) is 0 Å². The van der Waals surface area contributed by atoms with Crippen molar-refractivity contribution in [2.24, 2.45) is 0 Å². The zero-order chi connectivity index (χ0) is 9.86. The lowest BCUT2D eigenvalue weighted by atomic mass is 9.88. The molecule has 0 aliphatic carbocycles. The summed E-state index contributed by atoms with van der Waals surface area (Å²) in [7, 11) is 0. The fraction of sp³-hybridized carbons (Fsp3) is 0.417. The van der Waals surface area contributed by atoms with E-state index < -0.39 is 5.60 Å². The number of rotatable bonds is 2. The van der Waals surface area contributed by atoms with Gasteiger partial charge in [-0.15, -0.1) is 0 Å². The lowest BCUT2D eigenvalue weighted by Gasteiger charge is -2.32. The van der Waals surface area contributed by atoms with Gasteiger partial charge in [-0.2, -0.15) is 0 Å². The van der Waals surface area contributed by atoms with E-state index in [2.05, 4.69) is 0 Å². The van der Waals surface area contributed by atoms with E-state index in [1.807, 2.05) is 30.3 Å². The molecule has 1 aromatic rings. The third-order valence-corrected chi connectivity index (χ3v) is 2.75. The quantitative estimate of drug-likeness (QED) is 0.669. The Bertz CT molecular complexity index is 299. The summed E-state index contributed by atoms with van der Waals surface area (Å²) < 4.78 is 5.63. The Morgan fingerprint density at radius 1 is 1.21 bits per heavy atom. The minimum absolute atomic E-state index is 0.667. The largest absolute Gasteiger partial charge is 0.363 e. The Kier molecular flexibility index (Phi) is 2.64. The molecule has 0 amide bonds. The highest BCUT2D eigenvalue weighted by molar-refractivity contribution is 5.66. The molecule has 0 saturated carbocycles. The van der Waals surface area contributed by atoms with E-state index >= 15 is 0 Å². The van der Waals surface area contributed by atoms with Crippen LogP contribution in [0.3, 0.4) is 0 Å². The molecular formula is C12H14O2. The number of hydrogen-bond acceptors (Lipinski definition) is 2. The number of benzene rings is 1. The Balaban J connectivity index is 2.32. The zero-order valence-corrected chi connectivity index (χ0v) is 8.11. The van der Waals surface area contributed by atoms with Gasteiger partial charge in [-0.3, -0.25) is 4.79 Å². The van der Waals surface area contributed by atoms with Gasteiger partial charge in [-0.1, -0.05) is 30.3 Å². The van der Waals surface area contributed by atoms with E-state index in [1.54, 1.807) is 0 Å². The van der Waals surface area contributed by atoms with Crippen LogP contribution in [0, 0.1) is 0 Å². The average Bonchev–Trinajstić information content (AvgIpc) is 2.31. The van der Waals surface area contributed by atoms with Gasteiger partial charge >= 0.3 is 0 Å². The van der Waals surface area contributed by atoms with Crippen LogP contribution in [0.5, 0.6) is 0 Å². The van der Waals surface area contributed by atoms with Crippen molar-refractivity contribution in [3.63, 3.8) is 0 Å². The second-order valence-electron chi connectivity index (χ2n) is 3.68. The molecule has 1 fully saturated rings. The van der Waals surface area contributed by atoms with E-state index in [1.165, 1.54) is 0 Å². The predicted octanol–water partition coefficient (Wildman–Crippen LogP) is 2.28. The summed E-state index contributed by atoms with van der Waals surface area (Å²) in [6.45, 7) is 0.688. The summed E-state index contributed by atoms with van der Waals surface area (Å²) in [6, 6.07) is 9.75. The first-order valence-corrected chi connectivity index (χ1v) is 5.03. The molecule has 0 aromatic heterocycles. The molecule has 0 N–H and O–H groups in total. The van der Waals surface area contributed by atoms with Gasteiger partial charge in [0.25, 0.3) is 0 Å². The lowest BCUT2D eigenvalue weighted by molar-refractivity contribution is -0.139. The van der Waals surface area contributed by atoms with Gasteiger partial charge in [0.05, 0.1) is 0 Å². The maximum Gasteiger partial charge on any atom is 0.156 e. The van der Waals surface area contributed by atoms with E-state index in [0.29, 0.717) is 6.61 Å². The molecule has 1 aliphatic heterocycles. The van der Waals surface area contributed by atoms with Crippen LogP contribution in [0.25, 0.3) is 0 Å². The van der Waals surface area contributed by atoms with Crippen LogP contribution in [0.15, 0.2) is 30.3 Å². The van der Waals surface area contributed by atoms with E-state index in [4.69, 9.17) is 4.74 Å². The normalized spacial score (nSPS) is 27.1. The molecule has 0 spiro atoms. The Morgan fingerprint density at radius 2 is 2.00 bits per heavy atom. The van der Waals surface area contributed by atoms with Crippen molar-refractivity contribution < 1.29 is 9.53 Å². The Hall–Kier alpha value is -1.15. The highest BCUT2D eigenvalue weighted by Gasteiger charge is 2.34. The maximum atomic E-state index is 11.2. The fourth-order valence-electron chi connectivity index (χ4n) is 1.93. The molecule has 2 heteroatoms. The smallest absolute Gasteiger partial charge is 0.156 e. The third-order valence-electron chi connectivity index (χ3n) is 2.75. The van der Waals surface area contributed by atoms with Gasteiger partial charge < -0.3 is 4.74 Å². The van der Waals surface area contributed by atoms with Crippen molar-refractivity contribution >= 4 is 6.29 Å². The minimum atomic E-state index is -0.667.